The summed E-state index contributed by atoms with van der Waals surface area (Å²) in [6, 6.07) is 8.98. The molecule has 0 aliphatic heterocycles. The quantitative estimate of drug-likeness (QED) is 0.845. The average molecular weight is 249 g/mol. The second-order valence-electron chi connectivity index (χ2n) is 3.97. The Morgan fingerprint density at radius 1 is 1.29 bits per heavy atom. The molecule has 0 saturated carbocycles. The highest BCUT2D eigenvalue weighted by Crippen LogP contribution is 2.25. The lowest BCUT2D eigenvalue weighted by atomic mass is 10.0. The van der Waals surface area contributed by atoms with E-state index in [9.17, 15) is 4.39 Å². The number of hydrogen-bond donors (Lipinski definition) is 1. The van der Waals surface area contributed by atoms with Crippen LogP contribution in [-0.4, -0.2) is 6.54 Å². The van der Waals surface area contributed by atoms with Crippen LogP contribution >= 0.6 is 11.3 Å². The molecule has 0 aliphatic carbocycles. The van der Waals surface area contributed by atoms with Crippen molar-refractivity contribution in [2.75, 3.05) is 6.54 Å². The molecule has 0 aliphatic rings. The molecule has 90 valence electrons. The first kappa shape index (κ1) is 12.3. The van der Waals surface area contributed by atoms with Crippen molar-refractivity contribution >= 4 is 11.3 Å². The van der Waals surface area contributed by atoms with Gasteiger partial charge in [0, 0.05) is 5.56 Å². The van der Waals surface area contributed by atoms with Crippen LogP contribution in [0.5, 0.6) is 0 Å². The number of nitrogens with one attached hydrogen (secondary N) is 1. The zero-order chi connectivity index (χ0) is 12.1. The Morgan fingerprint density at radius 2 is 2.12 bits per heavy atom. The summed E-state index contributed by atoms with van der Waals surface area (Å²) in [7, 11) is 0. The third kappa shape index (κ3) is 2.93. The number of rotatable bonds is 5. The van der Waals surface area contributed by atoms with Crippen LogP contribution < -0.4 is 5.32 Å². The number of thiophene rings is 1. The summed E-state index contributed by atoms with van der Waals surface area (Å²) < 4.78 is 13.8. The summed E-state index contributed by atoms with van der Waals surface area (Å²) in [5.74, 6) is -0.146. The Bertz CT molecular complexity index is 453. The second-order valence-corrected chi connectivity index (χ2v) is 4.75. The maximum atomic E-state index is 13.8. The van der Waals surface area contributed by atoms with Crippen LogP contribution in [0.25, 0.3) is 0 Å². The van der Waals surface area contributed by atoms with Crippen LogP contribution in [0, 0.1) is 5.82 Å². The van der Waals surface area contributed by atoms with Gasteiger partial charge in [-0.3, -0.25) is 0 Å². The van der Waals surface area contributed by atoms with E-state index in [1.54, 1.807) is 17.4 Å². The zero-order valence-corrected chi connectivity index (χ0v) is 10.6. The molecule has 0 radical (unpaired) electrons. The topological polar surface area (TPSA) is 12.0 Å². The molecule has 0 spiro atoms. The van der Waals surface area contributed by atoms with Gasteiger partial charge < -0.3 is 5.32 Å². The minimum absolute atomic E-state index is 0.0394. The Morgan fingerprint density at radius 3 is 2.76 bits per heavy atom. The molecular weight excluding hydrogens is 233 g/mol. The molecule has 1 N–H and O–H groups in total. The van der Waals surface area contributed by atoms with Gasteiger partial charge in [-0.25, -0.2) is 4.39 Å². The van der Waals surface area contributed by atoms with E-state index >= 15 is 0 Å². The molecule has 3 heteroatoms. The van der Waals surface area contributed by atoms with E-state index in [-0.39, 0.29) is 11.9 Å². The standard InChI is InChI=1S/C14H16FNS/c1-2-8-16-14(11-7-9-17-10-11)12-5-3-4-6-13(12)15/h3-7,9-10,14,16H,2,8H2,1H3. The molecule has 17 heavy (non-hydrogen) atoms. The summed E-state index contributed by atoms with van der Waals surface area (Å²) in [6.45, 7) is 2.99. The summed E-state index contributed by atoms with van der Waals surface area (Å²) in [5.41, 5.74) is 1.85. The Hall–Kier alpha value is -1.19. The van der Waals surface area contributed by atoms with Crippen molar-refractivity contribution in [1.29, 1.82) is 0 Å². The second kappa shape index (κ2) is 5.94. The van der Waals surface area contributed by atoms with Crippen LogP contribution in [0.1, 0.15) is 30.5 Å². The maximum absolute atomic E-state index is 13.8. The number of halogens is 1. The molecule has 2 aromatic rings. The molecule has 1 unspecified atom stereocenters. The van der Waals surface area contributed by atoms with Gasteiger partial charge in [-0.1, -0.05) is 25.1 Å². The van der Waals surface area contributed by atoms with E-state index < -0.39 is 0 Å². The lowest BCUT2D eigenvalue weighted by Gasteiger charge is -2.18. The van der Waals surface area contributed by atoms with Crippen molar-refractivity contribution in [2.24, 2.45) is 0 Å². The normalized spacial score (nSPS) is 12.6. The Labute approximate surface area is 105 Å². The molecule has 1 atom stereocenters. The van der Waals surface area contributed by atoms with E-state index in [4.69, 9.17) is 0 Å². The Balaban J connectivity index is 2.30. The molecule has 1 nitrogen and oxygen atoms in total. The lowest BCUT2D eigenvalue weighted by molar-refractivity contribution is 0.547. The van der Waals surface area contributed by atoms with Gasteiger partial charge in [-0.2, -0.15) is 11.3 Å². The zero-order valence-electron chi connectivity index (χ0n) is 9.82. The van der Waals surface area contributed by atoms with Crippen molar-refractivity contribution in [2.45, 2.75) is 19.4 Å². The summed E-state index contributed by atoms with van der Waals surface area (Å²) in [5, 5.41) is 7.49. The predicted molar refractivity (Wildman–Crippen MR) is 70.9 cm³/mol. The maximum Gasteiger partial charge on any atom is 0.128 e. The third-order valence-corrected chi connectivity index (χ3v) is 3.39. The van der Waals surface area contributed by atoms with Gasteiger partial charge in [0.05, 0.1) is 6.04 Å². The minimum atomic E-state index is -0.146. The molecule has 1 heterocycles. The molecule has 0 saturated heterocycles. The van der Waals surface area contributed by atoms with Crippen molar-refractivity contribution in [3.63, 3.8) is 0 Å². The average Bonchev–Trinajstić information content (AvgIpc) is 2.85. The van der Waals surface area contributed by atoms with Crippen molar-refractivity contribution in [3.05, 3.63) is 58.0 Å². The number of hydrogen-bond acceptors (Lipinski definition) is 2. The van der Waals surface area contributed by atoms with Crippen molar-refractivity contribution in [3.8, 4) is 0 Å². The molecule has 1 aromatic heterocycles. The highest BCUT2D eigenvalue weighted by molar-refractivity contribution is 7.08. The van der Waals surface area contributed by atoms with Crippen LogP contribution in [0.2, 0.25) is 0 Å². The lowest BCUT2D eigenvalue weighted by Crippen LogP contribution is -2.23. The fourth-order valence-corrected chi connectivity index (χ4v) is 2.53. The van der Waals surface area contributed by atoms with E-state index in [1.807, 2.05) is 23.6 Å². The SMILES string of the molecule is CCCNC(c1ccsc1)c1ccccc1F. The van der Waals surface area contributed by atoms with Crippen LogP contribution in [-0.2, 0) is 0 Å². The van der Waals surface area contributed by atoms with E-state index in [1.165, 1.54) is 6.07 Å². The highest BCUT2D eigenvalue weighted by atomic mass is 32.1. The summed E-state index contributed by atoms with van der Waals surface area (Å²) >= 11 is 1.64. The van der Waals surface area contributed by atoms with Gasteiger partial charge in [0.1, 0.15) is 5.82 Å². The van der Waals surface area contributed by atoms with E-state index in [0.717, 1.165) is 24.1 Å². The molecular formula is C14H16FNS. The summed E-state index contributed by atoms with van der Waals surface area (Å²) in [4.78, 5) is 0. The molecule has 0 fully saturated rings. The summed E-state index contributed by atoms with van der Waals surface area (Å²) in [6.07, 6.45) is 1.04. The first-order chi connectivity index (χ1) is 8.33. The van der Waals surface area contributed by atoms with Crippen LogP contribution in [0.4, 0.5) is 4.39 Å². The van der Waals surface area contributed by atoms with Crippen molar-refractivity contribution in [1.82, 2.24) is 5.32 Å². The third-order valence-electron chi connectivity index (χ3n) is 2.69. The van der Waals surface area contributed by atoms with Gasteiger partial charge in [-0.05, 0) is 41.4 Å². The van der Waals surface area contributed by atoms with Crippen LogP contribution in [0.3, 0.4) is 0 Å². The highest BCUT2D eigenvalue weighted by Gasteiger charge is 2.16. The van der Waals surface area contributed by atoms with Gasteiger partial charge in [0.25, 0.3) is 0 Å². The van der Waals surface area contributed by atoms with E-state index in [0.29, 0.717) is 0 Å². The number of benzene rings is 1. The van der Waals surface area contributed by atoms with Gasteiger partial charge in [0.15, 0.2) is 0 Å². The van der Waals surface area contributed by atoms with Crippen molar-refractivity contribution < 1.29 is 4.39 Å². The van der Waals surface area contributed by atoms with E-state index in [2.05, 4.69) is 17.6 Å². The fraction of sp³-hybridized carbons (Fsp3) is 0.286. The fourth-order valence-electron chi connectivity index (χ4n) is 1.84. The smallest absolute Gasteiger partial charge is 0.128 e. The molecule has 0 amide bonds. The van der Waals surface area contributed by atoms with Gasteiger partial charge >= 0.3 is 0 Å². The largest absolute Gasteiger partial charge is 0.306 e. The first-order valence-electron chi connectivity index (χ1n) is 5.83. The predicted octanol–water partition coefficient (Wildman–Crippen LogP) is 3.98. The first-order valence-corrected chi connectivity index (χ1v) is 6.77. The minimum Gasteiger partial charge on any atom is -0.306 e. The molecule has 1 aromatic carbocycles. The Kier molecular flexibility index (Phi) is 4.29. The molecule has 0 bridgehead atoms. The van der Waals surface area contributed by atoms with Crippen LogP contribution in [0.15, 0.2) is 41.1 Å². The monoisotopic (exact) mass is 249 g/mol. The molecule has 2 rings (SSSR count). The van der Waals surface area contributed by atoms with Gasteiger partial charge in [-0.15, -0.1) is 0 Å². The van der Waals surface area contributed by atoms with Gasteiger partial charge in [0.2, 0.25) is 0 Å².